The number of amides is 1. The molecule has 3 atom stereocenters. The maximum atomic E-state index is 12.7. The van der Waals surface area contributed by atoms with Crippen LogP contribution in [0.1, 0.15) is 29.6 Å². The number of para-hydroxylation sites is 1. The number of rotatable bonds is 9. The monoisotopic (exact) mass is 476 g/mol. The van der Waals surface area contributed by atoms with E-state index >= 15 is 0 Å². The summed E-state index contributed by atoms with van der Waals surface area (Å²) in [4.78, 5) is 23.3. The molecule has 35 heavy (non-hydrogen) atoms. The second-order valence-corrected chi connectivity index (χ2v) is 8.40. The summed E-state index contributed by atoms with van der Waals surface area (Å²) in [5.41, 5.74) is 1.23. The van der Waals surface area contributed by atoms with Gasteiger partial charge in [0.15, 0.2) is 6.61 Å². The van der Waals surface area contributed by atoms with E-state index in [1.165, 1.54) is 0 Å². The van der Waals surface area contributed by atoms with E-state index in [2.05, 4.69) is 10.6 Å². The number of nitrogens with one attached hydrogen (secondary N) is 2. The van der Waals surface area contributed by atoms with Gasteiger partial charge in [-0.15, -0.1) is 0 Å². The summed E-state index contributed by atoms with van der Waals surface area (Å²) in [6, 6.07) is 22.7. The fraction of sp³-hybridized carbons (Fsp3) is 0.259. The van der Waals surface area contributed by atoms with Crippen LogP contribution in [0.2, 0.25) is 0 Å². The molecule has 0 radical (unpaired) electrons. The number of carboxylic acids is 1. The van der Waals surface area contributed by atoms with Gasteiger partial charge in [0, 0.05) is 17.3 Å². The van der Waals surface area contributed by atoms with E-state index < -0.39 is 24.7 Å². The molecule has 1 aliphatic rings. The van der Waals surface area contributed by atoms with Crippen LogP contribution in [0.5, 0.6) is 17.2 Å². The Morgan fingerprint density at radius 1 is 0.857 bits per heavy atom. The molecule has 4 rings (SSSR count). The van der Waals surface area contributed by atoms with Crippen molar-refractivity contribution in [3.63, 3.8) is 0 Å². The molecule has 0 bridgehead atoms. The molecular formula is C27H28N2O6. The summed E-state index contributed by atoms with van der Waals surface area (Å²) in [7, 11) is 0. The van der Waals surface area contributed by atoms with Crippen LogP contribution in [0.3, 0.4) is 0 Å². The highest BCUT2D eigenvalue weighted by molar-refractivity contribution is 5.94. The lowest BCUT2D eigenvalue weighted by molar-refractivity contribution is -0.139. The molecule has 8 nitrogen and oxygen atoms in total. The first kappa shape index (κ1) is 24.1. The highest BCUT2D eigenvalue weighted by Gasteiger charge is 2.33. The summed E-state index contributed by atoms with van der Waals surface area (Å²) in [6.45, 7) is -0.449. The molecule has 1 amide bonds. The lowest BCUT2D eigenvalue weighted by Crippen LogP contribution is -2.53. The molecule has 1 fully saturated rings. The number of hydrogen-bond acceptors (Lipinski definition) is 6. The van der Waals surface area contributed by atoms with Gasteiger partial charge in [0.25, 0.3) is 5.91 Å². The number of ether oxygens (including phenoxy) is 2. The maximum Gasteiger partial charge on any atom is 0.341 e. The van der Waals surface area contributed by atoms with Gasteiger partial charge < -0.3 is 30.3 Å². The Kier molecular flexibility index (Phi) is 7.84. The number of aliphatic hydroxyl groups excluding tert-OH is 1. The molecule has 1 saturated carbocycles. The van der Waals surface area contributed by atoms with Crippen molar-refractivity contribution in [3.05, 3.63) is 84.4 Å². The first-order valence-corrected chi connectivity index (χ1v) is 11.5. The van der Waals surface area contributed by atoms with Gasteiger partial charge in [0.2, 0.25) is 0 Å². The molecule has 3 aromatic carbocycles. The summed E-state index contributed by atoms with van der Waals surface area (Å²) >= 11 is 0. The standard InChI is InChI=1S/C27H28N2O6/c30-25(31)17-34-20-14-12-18(13-15-20)27(33)29-24-11-5-10-23(26(24)32)28-19-6-4-9-22(16-19)35-21-7-2-1-3-8-21/h1-4,6-9,12-16,23-24,26,28,32H,5,10-11,17H2,(H,29,33)(H,30,31)/t23-,24-,26+/m1/s1. The molecule has 182 valence electrons. The molecular weight excluding hydrogens is 448 g/mol. The van der Waals surface area contributed by atoms with Crippen LogP contribution in [0.25, 0.3) is 0 Å². The van der Waals surface area contributed by atoms with Gasteiger partial charge in [0.1, 0.15) is 17.2 Å². The first-order valence-electron chi connectivity index (χ1n) is 11.5. The fourth-order valence-corrected chi connectivity index (χ4v) is 4.08. The summed E-state index contributed by atoms with van der Waals surface area (Å²) in [6.07, 6.45) is 1.51. The van der Waals surface area contributed by atoms with Crippen molar-refractivity contribution < 1.29 is 29.3 Å². The SMILES string of the molecule is O=C(O)COc1ccc(C(=O)N[C@@H]2CCC[C@@H](Nc3cccc(Oc4ccccc4)c3)[C@@H]2O)cc1. The van der Waals surface area contributed by atoms with Gasteiger partial charge in [-0.1, -0.05) is 24.3 Å². The van der Waals surface area contributed by atoms with Gasteiger partial charge in [-0.05, 0) is 67.8 Å². The quantitative estimate of drug-likeness (QED) is 0.368. The summed E-state index contributed by atoms with van der Waals surface area (Å²) < 4.78 is 11.0. The zero-order valence-electron chi connectivity index (χ0n) is 19.1. The number of anilines is 1. The van der Waals surface area contributed by atoms with Crippen LogP contribution >= 0.6 is 0 Å². The molecule has 0 unspecified atom stereocenters. The smallest absolute Gasteiger partial charge is 0.341 e. The number of hydrogen-bond donors (Lipinski definition) is 4. The Morgan fingerprint density at radius 3 is 2.31 bits per heavy atom. The van der Waals surface area contributed by atoms with Crippen LogP contribution in [-0.2, 0) is 4.79 Å². The van der Waals surface area contributed by atoms with Crippen molar-refractivity contribution in [2.75, 3.05) is 11.9 Å². The van der Waals surface area contributed by atoms with Gasteiger partial charge in [-0.2, -0.15) is 0 Å². The number of carboxylic acid groups (broad SMARTS) is 1. The van der Waals surface area contributed by atoms with Gasteiger partial charge >= 0.3 is 5.97 Å². The second-order valence-electron chi connectivity index (χ2n) is 8.40. The van der Waals surface area contributed by atoms with Crippen molar-refractivity contribution >= 4 is 17.6 Å². The minimum atomic E-state index is -1.07. The van der Waals surface area contributed by atoms with E-state index in [9.17, 15) is 14.7 Å². The van der Waals surface area contributed by atoms with Crippen molar-refractivity contribution in [3.8, 4) is 17.2 Å². The van der Waals surface area contributed by atoms with E-state index in [1.807, 2.05) is 54.6 Å². The fourth-order valence-electron chi connectivity index (χ4n) is 4.08. The van der Waals surface area contributed by atoms with Gasteiger partial charge in [0.05, 0.1) is 18.2 Å². The lowest BCUT2D eigenvalue weighted by Gasteiger charge is -2.36. The molecule has 8 heteroatoms. The molecule has 0 saturated heterocycles. The number of carbonyl (C=O) groups excluding carboxylic acids is 1. The minimum Gasteiger partial charge on any atom is -0.482 e. The van der Waals surface area contributed by atoms with Crippen molar-refractivity contribution in [1.29, 1.82) is 0 Å². The molecule has 1 aliphatic carbocycles. The lowest BCUT2D eigenvalue weighted by atomic mass is 9.87. The molecule has 4 N–H and O–H groups in total. The zero-order chi connectivity index (χ0) is 24.6. The number of aliphatic hydroxyl groups is 1. The van der Waals surface area contributed by atoms with E-state index in [0.717, 1.165) is 24.3 Å². The highest BCUT2D eigenvalue weighted by atomic mass is 16.5. The van der Waals surface area contributed by atoms with Gasteiger partial charge in [-0.3, -0.25) is 4.79 Å². The third-order valence-electron chi connectivity index (χ3n) is 5.82. The van der Waals surface area contributed by atoms with Crippen LogP contribution in [-0.4, -0.2) is 46.9 Å². The van der Waals surface area contributed by atoms with Crippen LogP contribution in [0.4, 0.5) is 5.69 Å². The zero-order valence-corrected chi connectivity index (χ0v) is 19.1. The van der Waals surface area contributed by atoms with Crippen molar-refractivity contribution in [2.24, 2.45) is 0 Å². The molecule has 3 aromatic rings. The highest BCUT2D eigenvalue weighted by Crippen LogP contribution is 2.27. The van der Waals surface area contributed by atoms with Crippen molar-refractivity contribution in [2.45, 2.75) is 37.5 Å². The van der Waals surface area contributed by atoms with E-state index in [-0.39, 0.29) is 11.9 Å². The number of benzene rings is 3. The summed E-state index contributed by atoms with van der Waals surface area (Å²) in [5, 5.41) is 26.0. The second kappa shape index (κ2) is 11.4. The Balaban J connectivity index is 1.34. The Labute approximate surface area is 203 Å². The van der Waals surface area contributed by atoms with Crippen LogP contribution < -0.4 is 20.1 Å². The topological polar surface area (TPSA) is 117 Å². The molecule has 0 aliphatic heterocycles. The summed E-state index contributed by atoms with van der Waals surface area (Å²) in [5.74, 6) is 0.414. The molecule has 0 spiro atoms. The predicted molar refractivity (Wildman–Crippen MR) is 131 cm³/mol. The third-order valence-corrected chi connectivity index (χ3v) is 5.82. The predicted octanol–water partition coefficient (Wildman–Crippen LogP) is 4.07. The van der Waals surface area contributed by atoms with Crippen LogP contribution in [0.15, 0.2) is 78.9 Å². The normalized spacial score (nSPS) is 19.4. The van der Waals surface area contributed by atoms with Crippen molar-refractivity contribution in [1.82, 2.24) is 5.32 Å². The van der Waals surface area contributed by atoms with Crippen LogP contribution in [0, 0.1) is 0 Å². The first-order chi connectivity index (χ1) is 17.0. The molecule has 0 heterocycles. The van der Waals surface area contributed by atoms with E-state index in [4.69, 9.17) is 14.6 Å². The average Bonchev–Trinajstić information content (AvgIpc) is 2.86. The average molecular weight is 477 g/mol. The van der Waals surface area contributed by atoms with E-state index in [1.54, 1.807) is 24.3 Å². The number of aliphatic carboxylic acids is 1. The maximum absolute atomic E-state index is 12.7. The molecule has 0 aromatic heterocycles. The third kappa shape index (κ3) is 6.74. The Hall–Kier alpha value is -4.04. The largest absolute Gasteiger partial charge is 0.482 e. The number of carbonyl (C=O) groups is 2. The van der Waals surface area contributed by atoms with E-state index in [0.29, 0.717) is 23.5 Å². The minimum absolute atomic E-state index is 0.229. The van der Waals surface area contributed by atoms with Gasteiger partial charge in [-0.25, -0.2) is 4.79 Å². The Bertz CT molecular complexity index is 1140. The Morgan fingerprint density at radius 2 is 1.57 bits per heavy atom.